The highest BCUT2D eigenvalue weighted by atomic mass is 14.9. The molecule has 0 aliphatic heterocycles. The first-order valence-electron chi connectivity index (χ1n) is 5.61. The fourth-order valence-electron chi connectivity index (χ4n) is 3.84. The van der Waals surface area contributed by atoms with Crippen molar-refractivity contribution in [1.29, 1.82) is 0 Å². The van der Waals surface area contributed by atoms with E-state index in [-0.39, 0.29) is 0 Å². The van der Waals surface area contributed by atoms with Gasteiger partial charge in [0.15, 0.2) is 0 Å². The highest BCUT2D eigenvalue weighted by Crippen LogP contribution is 2.69. The molecule has 1 nitrogen and oxygen atoms in total. The van der Waals surface area contributed by atoms with Gasteiger partial charge in [0.1, 0.15) is 0 Å². The summed E-state index contributed by atoms with van der Waals surface area (Å²) >= 11 is 0. The van der Waals surface area contributed by atoms with Crippen LogP contribution >= 0.6 is 0 Å². The molecule has 0 radical (unpaired) electrons. The van der Waals surface area contributed by atoms with Gasteiger partial charge in [-0.1, -0.05) is 27.7 Å². The summed E-state index contributed by atoms with van der Waals surface area (Å²) in [6, 6.07) is 0.761. The molecule has 0 saturated heterocycles. The summed E-state index contributed by atoms with van der Waals surface area (Å²) in [5.41, 5.74) is 1.17. The van der Waals surface area contributed by atoms with E-state index in [1.54, 1.807) is 0 Å². The number of fused-ring (bicyclic) bond motifs is 2. The first kappa shape index (κ1) is 9.51. The van der Waals surface area contributed by atoms with Gasteiger partial charge in [-0.05, 0) is 42.6 Å². The largest absolute Gasteiger partial charge is 0.317 e. The van der Waals surface area contributed by atoms with Gasteiger partial charge < -0.3 is 5.32 Å². The zero-order chi connectivity index (χ0) is 9.85. The lowest BCUT2D eigenvalue weighted by Crippen LogP contribution is -2.66. The van der Waals surface area contributed by atoms with Crippen LogP contribution in [0.2, 0.25) is 0 Å². The van der Waals surface area contributed by atoms with Crippen molar-refractivity contribution < 1.29 is 0 Å². The second kappa shape index (κ2) is 2.50. The molecule has 0 aromatic rings. The number of rotatable bonds is 1. The fraction of sp³-hybridized carbons (Fsp3) is 1.00. The van der Waals surface area contributed by atoms with Crippen LogP contribution in [-0.2, 0) is 0 Å². The van der Waals surface area contributed by atoms with Crippen LogP contribution < -0.4 is 5.32 Å². The van der Waals surface area contributed by atoms with Gasteiger partial charge in [-0.2, -0.15) is 0 Å². The molecule has 1 heteroatoms. The summed E-state index contributed by atoms with van der Waals surface area (Å²) in [5.74, 6) is 1.80. The molecule has 3 saturated carbocycles. The molecule has 4 unspecified atom stereocenters. The number of nitrogens with one attached hydrogen (secondary N) is 1. The second-order valence-corrected chi connectivity index (χ2v) is 5.96. The van der Waals surface area contributed by atoms with E-state index < -0.39 is 0 Å². The Morgan fingerprint density at radius 2 is 1.85 bits per heavy atom. The van der Waals surface area contributed by atoms with Gasteiger partial charge in [0.2, 0.25) is 0 Å². The predicted molar refractivity (Wildman–Crippen MR) is 56.6 cm³/mol. The molecule has 3 aliphatic carbocycles. The van der Waals surface area contributed by atoms with Crippen LogP contribution in [-0.4, -0.2) is 13.1 Å². The molecule has 0 amide bonds. The molecule has 3 fully saturated rings. The van der Waals surface area contributed by atoms with Crippen LogP contribution in [0.15, 0.2) is 0 Å². The maximum Gasteiger partial charge on any atom is 0.00979 e. The highest BCUT2D eigenvalue weighted by molar-refractivity contribution is 5.14. The van der Waals surface area contributed by atoms with Crippen molar-refractivity contribution in [3.63, 3.8) is 0 Å². The number of hydrogen-bond donors (Lipinski definition) is 1. The van der Waals surface area contributed by atoms with Gasteiger partial charge in [0.25, 0.3) is 0 Å². The van der Waals surface area contributed by atoms with E-state index in [0.29, 0.717) is 10.8 Å². The molecule has 3 aliphatic rings. The van der Waals surface area contributed by atoms with E-state index in [1.165, 1.54) is 12.8 Å². The highest BCUT2D eigenvalue weighted by Gasteiger charge is 2.63. The van der Waals surface area contributed by atoms with E-state index in [2.05, 4.69) is 40.1 Å². The first-order chi connectivity index (χ1) is 5.93. The zero-order valence-electron chi connectivity index (χ0n) is 9.65. The lowest BCUT2D eigenvalue weighted by Gasteiger charge is -2.69. The molecule has 3 rings (SSSR count). The molecule has 76 valence electrons. The van der Waals surface area contributed by atoms with E-state index >= 15 is 0 Å². The molecule has 0 aromatic carbocycles. The van der Waals surface area contributed by atoms with Crippen molar-refractivity contribution in [2.24, 2.45) is 22.7 Å². The Bertz CT molecular complexity index is 221. The predicted octanol–water partition coefficient (Wildman–Crippen LogP) is 2.67. The lowest BCUT2D eigenvalue weighted by molar-refractivity contribution is -0.193. The van der Waals surface area contributed by atoms with Crippen LogP contribution in [0.3, 0.4) is 0 Å². The quantitative estimate of drug-likeness (QED) is 0.656. The molecule has 0 heterocycles. The summed E-state index contributed by atoms with van der Waals surface area (Å²) in [7, 11) is 2.11. The van der Waals surface area contributed by atoms with Gasteiger partial charge in [-0.15, -0.1) is 0 Å². The maximum atomic E-state index is 3.48. The van der Waals surface area contributed by atoms with Crippen molar-refractivity contribution in [3.8, 4) is 0 Å². The first-order valence-corrected chi connectivity index (χ1v) is 5.61. The molecule has 0 aromatic heterocycles. The minimum atomic E-state index is 0.583. The van der Waals surface area contributed by atoms with Crippen LogP contribution in [0.25, 0.3) is 0 Å². The van der Waals surface area contributed by atoms with Crippen LogP contribution in [0.4, 0.5) is 0 Å². The monoisotopic (exact) mass is 181 g/mol. The Hall–Kier alpha value is -0.0400. The molecule has 0 spiro atoms. The lowest BCUT2D eigenvalue weighted by atomic mass is 9.37. The summed E-state index contributed by atoms with van der Waals surface area (Å²) in [6.45, 7) is 9.84. The summed E-state index contributed by atoms with van der Waals surface area (Å²) < 4.78 is 0. The third kappa shape index (κ3) is 0.918. The Kier molecular flexibility index (Phi) is 1.83. The van der Waals surface area contributed by atoms with Crippen LogP contribution in [0.1, 0.15) is 40.5 Å². The minimum absolute atomic E-state index is 0.583. The average molecular weight is 181 g/mol. The molecular weight excluding hydrogens is 158 g/mol. The fourth-order valence-corrected chi connectivity index (χ4v) is 3.84. The smallest absolute Gasteiger partial charge is 0.00979 e. The van der Waals surface area contributed by atoms with Gasteiger partial charge in [-0.25, -0.2) is 0 Å². The van der Waals surface area contributed by atoms with Crippen molar-refractivity contribution in [2.45, 2.75) is 46.6 Å². The van der Waals surface area contributed by atoms with Gasteiger partial charge >= 0.3 is 0 Å². The maximum absolute atomic E-state index is 3.48. The normalized spacial score (nSPS) is 52.8. The third-order valence-electron chi connectivity index (χ3n) is 5.68. The molecule has 13 heavy (non-hydrogen) atoms. The topological polar surface area (TPSA) is 12.0 Å². The molecule has 1 N–H and O–H groups in total. The SMILES string of the molecule is CNC1CC2CC(C)(C1C)C2(C)C. The van der Waals surface area contributed by atoms with Gasteiger partial charge in [-0.3, -0.25) is 0 Å². The van der Waals surface area contributed by atoms with Gasteiger partial charge in [0, 0.05) is 6.04 Å². The van der Waals surface area contributed by atoms with Crippen molar-refractivity contribution in [2.75, 3.05) is 7.05 Å². The summed E-state index contributed by atoms with van der Waals surface area (Å²) in [4.78, 5) is 0. The van der Waals surface area contributed by atoms with E-state index in [1.807, 2.05) is 0 Å². The van der Waals surface area contributed by atoms with E-state index in [9.17, 15) is 0 Å². The Morgan fingerprint density at radius 1 is 1.23 bits per heavy atom. The minimum Gasteiger partial charge on any atom is -0.317 e. The Balaban J connectivity index is 2.24. The van der Waals surface area contributed by atoms with E-state index in [4.69, 9.17) is 0 Å². The molecule has 4 atom stereocenters. The Morgan fingerprint density at radius 3 is 2.31 bits per heavy atom. The summed E-state index contributed by atoms with van der Waals surface area (Å²) in [5, 5.41) is 3.48. The van der Waals surface area contributed by atoms with Gasteiger partial charge in [0.05, 0.1) is 0 Å². The number of hydrogen-bond acceptors (Lipinski definition) is 1. The standard InChI is InChI=1S/C12H23N/c1-8-10(13-5)6-9-7-12(8,4)11(9,2)3/h8-10,13H,6-7H2,1-5H3. The van der Waals surface area contributed by atoms with Crippen molar-refractivity contribution >= 4 is 0 Å². The molecule has 2 bridgehead atoms. The average Bonchev–Trinajstić information content (AvgIpc) is 2.09. The summed E-state index contributed by atoms with van der Waals surface area (Å²) in [6.07, 6.45) is 2.85. The zero-order valence-corrected chi connectivity index (χ0v) is 9.65. The third-order valence-corrected chi connectivity index (χ3v) is 5.68. The van der Waals surface area contributed by atoms with Crippen molar-refractivity contribution in [3.05, 3.63) is 0 Å². The van der Waals surface area contributed by atoms with Crippen LogP contribution in [0.5, 0.6) is 0 Å². The van der Waals surface area contributed by atoms with Crippen LogP contribution in [0, 0.1) is 22.7 Å². The Labute approximate surface area is 82.3 Å². The van der Waals surface area contributed by atoms with E-state index in [0.717, 1.165) is 17.9 Å². The second-order valence-electron chi connectivity index (χ2n) is 5.96. The molecular formula is C12H23N. The van der Waals surface area contributed by atoms with Crippen molar-refractivity contribution in [1.82, 2.24) is 5.32 Å².